The van der Waals surface area contributed by atoms with E-state index in [4.69, 9.17) is 0 Å². The second-order valence-corrected chi connectivity index (χ2v) is 19.1. The van der Waals surface area contributed by atoms with Crippen molar-refractivity contribution < 1.29 is 57.7 Å². The molecule has 0 fully saturated rings. The van der Waals surface area contributed by atoms with Crippen LogP contribution in [0, 0.1) is 41.5 Å². The van der Waals surface area contributed by atoms with Gasteiger partial charge in [-0.05, 0) is 0 Å². The third-order valence-corrected chi connectivity index (χ3v) is 18.5. The van der Waals surface area contributed by atoms with Crippen LogP contribution >= 0.6 is 0 Å². The first-order valence-electron chi connectivity index (χ1n) is 15.8. The molecule has 0 spiro atoms. The van der Waals surface area contributed by atoms with E-state index in [1.807, 2.05) is 0 Å². The third-order valence-electron chi connectivity index (χ3n) is 11.0. The molecule has 3 nitrogen and oxygen atoms in total. The zero-order valence-electron chi connectivity index (χ0n) is 31.4. The van der Waals surface area contributed by atoms with Gasteiger partial charge in [-0.3, -0.25) is 0 Å². The maximum Gasteiger partial charge on any atom is -1.00 e. The summed E-state index contributed by atoms with van der Waals surface area (Å²) >= 11 is 2.43. The normalized spacial score (nSPS) is 16.0. The molecule has 0 saturated carbocycles. The van der Waals surface area contributed by atoms with Gasteiger partial charge in [-0.15, -0.1) is 0 Å². The van der Waals surface area contributed by atoms with Crippen LogP contribution in [-0.2, 0) is 20.4 Å². The van der Waals surface area contributed by atoms with E-state index in [9.17, 15) is 0 Å². The predicted molar refractivity (Wildman–Crippen MR) is 195 cm³/mol. The summed E-state index contributed by atoms with van der Waals surface area (Å²) in [6.45, 7) is 23.4. The van der Waals surface area contributed by atoms with Crippen molar-refractivity contribution in [2.75, 3.05) is 57.0 Å². The number of hydrogen-bond donors (Lipinski definition) is 0. The predicted octanol–water partition coefficient (Wildman–Crippen LogP) is -1.85. The number of benzene rings is 3. The topological polar surface area (TPSA) is 9.72 Å². The number of nitrogens with zero attached hydrogens (tertiary/aromatic N) is 3. The van der Waals surface area contributed by atoms with Gasteiger partial charge in [-0.1, -0.05) is 0 Å². The first-order chi connectivity index (χ1) is 20.3. The number of anilines is 3. The summed E-state index contributed by atoms with van der Waals surface area (Å²) in [4.78, 5) is 7.10. The van der Waals surface area contributed by atoms with Crippen molar-refractivity contribution in [2.24, 2.45) is 0 Å². The van der Waals surface area contributed by atoms with Crippen LogP contribution in [0.5, 0.6) is 0 Å². The minimum absolute atomic E-state index is 0. The first kappa shape index (κ1) is 43.4. The quantitative estimate of drug-likeness (QED) is 0.208. The molecule has 0 N–H and O–H groups in total. The SMILES string of the molecule is CC1=C(C)C(C)([Si](c2cc(C)c(C)cc2N(C)C)(c2cc(C)c(C)cc2N(C)C)c2cc(C)c(C)cc2N(C)C)[C]([Ti+3])=C1C.[Cl-].[Cl-].[Cl-]. The average molecular weight is 747 g/mol. The molecule has 3 aromatic carbocycles. The minimum Gasteiger partial charge on any atom is -1.00 e. The van der Waals surface area contributed by atoms with Crippen LogP contribution in [-0.4, -0.2) is 50.4 Å². The van der Waals surface area contributed by atoms with Crippen LogP contribution < -0.4 is 67.5 Å². The summed E-state index contributed by atoms with van der Waals surface area (Å²) < 4.78 is 1.51. The summed E-state index contributed by atoms with van der Waals surface area (Å²) in [7, 11) is 10.3. The van der Waals surface area contributed by atoms with Crippen LogP contribution in [0.3, 0.4) is 0 Å². The Morgan fingerprint density at radius 2 is 0.723 bits per heavy atom. The summed E-state index contributed by atoms with van der Waals surface area (Å²) in [6, 6.07) is 15.1. The molecule has 1 aliphatic rings. The molecule has 0 heterocycles. The van der Waals surface area contributed by atoms with Crippen LogP contribution in [0.4, 0.5) is 17.1 Å². The van der Waals surface area contributed by atoms with Gasteiger partial charge in [-0.2, -0.15) is 0 Å². The van der Waals surface area contributed by atoms with Gasteiger partial charge in [0.1, 0.15) is 0 Å². The molecule has 0 saturated heterocycles. The standard InChI is InChI=1S/C39H54N3Si.3ClH.Ti/c1-24-17-33(40(11)12)36(20-27(24)4)43(39(10)23-30(7)31(8)32(39)9,37-21-28(5)25(2)18-34(37)41(13)14)38-22-29(6)26(3)19-35(38)42(15)16;;;;/h17-22H,1-16H3;3*1H;/q;;;;+3/p-3. The van der Waals surface area contributed by atoms with Crippen molar-refractivity contribution in [1.82, 2.24) is 0 Å². The van der Waals surface area contributed by atoms with E-state index >= 15 is 0 Å². The smallest absolute Gasteiger partial charge is 1.00 e. The molecule has 4 rings (SSSR count). The molecule has 254 valence electrons. The summed E-state index contributed by atoms with van der Waals surface area (Å²) in [5.74, 6) is 0. The average Bonchev–Trinajstić information content (AvgIpc) is 3.09. The number of rotatable bonds is 7. The maximum atomic E-state index is 2.60. The van der Waals surface area contributed by atoms with Crippen molar-refractivity contribution in [1.29, 1.82) is 0 Å². The van der Waals surface area contributed by atoms with Crippen molar-refractivity contribution in [3.63, 3.8) is 0 Å². The molecule has 1 unspecified atom stereocenters. The Hall–Kier alpha value is -1.66. The van der Waals surface area contributed by atoms with Gasteiger partial charge in [-0.25, -0.2) is 0 Å². The van der Waals surface area contributed by atoms with E-state index in [1.54, 1.807) is 0 Å². The second kappa shape index (κ2) is 15.5. The molecule has 0 bridgehead atoms. The Labute approximate surface area is 317 Å². The molecule has 1 atom stereocenters. The van der Waals surface area contributed by atoms with Crippen molar-refractivity contribution in [3.05, 3.63) is 90.4 Å². The number of allylic oxidation sites excluding steroid dienone is 4. The number of aryl methyl sites for hydroxylation is 6. The van der Waals surface area contributed by atoms with Crippen LogP contribution in [0.1, 0.15) is 61.1 Å². The minimum atomic E-state index is -3.05. The van der Waals surface area contributed by atoms with Crippen LogP contribution in [0.15, 0.2) is 57.0 Å². The summed E-state index contributed by atoms with van der Waals surface area (Å²) in [6.07, 6.45) is 0. The Kier molecular flexibility index (Phi) is 14.3. The fourth-order valence-electron chi connectivity index (χ4n) is 7.53. The van der Waals surface area contributed by atoms with Gasteiger partial charge in [0.25, 0.3) is 0 Å². The van der Waals surface area contributed by atoms with Gasteiger partial charge < -0.3 is 37.2 Å². The van der Waals surface area contributed by atoms with E-state index in [0.717, 1.165) is 0 Å². The van der Waals surface area contributed by atoms with Crippen LogP contribution in [0.25, 0.3) is 0 Å². The van der Waals surface area contributed by atoms with E-state index in [0.29, 0.717) is 0 Å². The Morgan fingerprint density at radius 1 is 0.468 bits per heavy atom. The number of halogens is 3. The van der Waals surface area contributed by atoms with E-state index < -0.39 is 8.07 Å². The Morgan fingerprint density at radius 3 is 0.936 bits per heavy atom. The van der Waals surface area contributed by atoms with Crippen LogP contribution in [0.2, 0.25) is 5.04 Å². The van der Waals surface area contributed by atoms with Crippen molar-refractivity contribution in [2.45, 2.75) is 74.3 Å². The molecule has 47 heavy (non-hydrogen) atoms. The molecule has 8 heteroatoms. The van der Waals surface area contributed by atoms with Gasteiger partial charge in [0, 0.05) is 0 Å². The van der Waals surface area contributed by atoms with Crippen molar-refractivity contribution in [3.8, 4) is 0 Å². The van der Waals surface area contributed by atoms with Gasteiger partial charge in [0.2, 0.25) is 0 Å². The fourth-order valence-corrected chi connectivity index (χ4v) is 16.1. The van der Waals surface area contributed by atoms with Crippen molar-refractivity contribution >= 4 is 40.7 Å². The Balaban J connectivity index is 0.00000368. The second-order valence-electron chi connectivity index (χ2n) is 14.2. The van der Waals surface area contributed by atoms with Gasteiger partial charge >= 0.3 is 283 Å². The molecule has 0 aromatic heterocycles. The molecule has 3 aromatic rings. The van der Waals surface area contributed by atoms with Gasteiger partial charge in [0.05, 0.1) is 0 Å². The molecule has 0 amide bonds. The first-order valence-corrected chi connectivity index (χ1v) is 18.6. The monoisotopic (exact) mass is 745 g/mol. The largest absolute Gasteiger partial charge is 1.00 e. The molecule has 1 aliphatic carbocycles. The molecular weight excluding hydrogens is 693 g/mol. The van der Waals surface area contributed by atoms with Gasteiger partial charge in [0.15, 0.2) is 0 Å². The third kappa shape index (κ3) is 6.65. The zero-order valence-corrected chi connectivity index (χ0v) is 36.3. The zero-order chi connectivity index (χ0) is 33.2. The van der Waals surface area contributed by atoms with E-state index in [2.05, 4.69) is 183 Å². The fraction of sp³-hybridized carbons (Fsp3) is 0.436. The number of hydrogen-bond acceptors (Lipinski definition) is 3. The molecule has 0 radical (unpaired) electrons. The van der Waals surface area contributed by atoms with E-state index in [1.165, 1.54) is 86.6 Å². The van der Waals surface area contributed by atoms with E-state index in [-0.39, 0.29) is 42.3 Å². The molecule has 0 aliphatic heterocycles. The summed E-state index contributed by atoms with van der Waals surface area (Å²) in [5, 5.41) is 4.26. The summed E-state index contributed by atoms with van der Waals surface area (Å²) in [5.41, 5.74) is 16.5. The Bertz CT molecular complexity index is 1550. The maximum absolute atomic E-state index is 3.05. The molecular formula is C39H54Cl3N3SiTi.